The van der Waals surface area contributed by atoms with Gasteiger partial charge in [0.15, 0.2) is 0 Å². The van der Waals surface area contributed by atoms with Crippen molar-refractivity contribution < 1.29 is 8.42 Å². The van der Waals surface area contributed by atoms with Crippen molar-refractivity contribution in [2.75, 3.05) is 38.0 Å². The number of hydrogen-bond donors (Lipinski definition) is 2. The van der Waals surface area contributed by atoms with Gasteiger partial charge in [-0.3, -0.25) is 9.69 Å². The zero-order chi connectivity index (χ0) is 20.0. The normalized spacial score (nSPS) is 18.1. The molecule has 29 heavy (non-hydrogen) atoms. The number of nitrogens with zero attached hydrogens (tertiary/aromatic N) is 3. The molecular weight excluding hydrogens is 410 g/mol. The van der Waals surface area contributed by atoms with Crippen LogP contribution in [0.25, 0.3) is 10.2 Å². The lowest BCUT2D eigenvalue weighted by Crippen LogP contribution is -2.48. The maximum atomic E-state index is 13.0. The van der Waals surface area contributed by atoms with Gasteiger partial charge in [-0.25, -0.2) is 13.4 Å². The van der Waals surface area contributed by atoms with Crippen molar-refractivity contribution in [3.05, 3.63) is 51.4 Å². The number of aromatic amines is 1. The second kappa shape index (κ2) is 7.21. The van der Waals surface area contributed by atoms with E-state index in [2.05, 4.69) is 20.2 Å². The number of hydrogen-bond acceptors (Lipinski definition) is 7. The Morgan fingerprint density at radius 1 is 1.14 bits per heavy atom. The number of aromatic nitrogens is 2. The van der Waals surface area contributed by atoms with E-state index in [1.54, 1.807) is 16.4 Å². The van der Waals surface area contributed by atoms with Gasteiger partial charge in [0.2, 0.25) is 10.0 Å². The lowest BCUT2D eigenvalue weighted by Gasteiger charge is -2.33. The summed E-state index contributed by atoms with van der Waals surface area (Å²) in [5.74, 6) is 0.613. The summed E-state index contributed by atoms with van der Waals surface area (Å²) >= 11 is 1.38. The third-order valence-corrected chi connectivity index (χ3v) is 8.29. The molecule has 0 atom stereocenters. The molecule has 3 aromatic rings. The number of sulfonamides is 1. The lowest BCUT2D eigenvalue weighted by atomic mass is 10.2. The molecule has 2 aliphatic rings. The molecule has 0 amide bonds. The van der Waals surface area contributed by atoms with Crippen LogP contribution in [0.1, 0.15) is 11.4 Å². The molecule has 1 saturated heterocycles. The van der Waals surface area contributed by atoms with Gasteiger partial charge >= 0.3 is 0 Å². The summed E-state index contributed by atoms with van der Waals surface area (Å²) in [7, 11) is -3.51. The fraction of sp³-hybridized carbons (Fsp3) is 0.368. The maximum absolute atomic E-state index is 13.0. The van der Waals surface area contributed by atoms with Gasteiger partial charge < -0.3 is 10.3 Å². The second-order valence-corrected chi connectivity index (χ2v) is 10.2. The van der Waals surface area contributed by atoms with Crippen molar-refractivity contribution in [3.63, 3.8) is 0 Å². The van der Waals surface area contributed by atoms with Crippen LogP contribution >= 0.6 is 11.3 Å². The first-order valence-corrected chi connectivity index (χ1v) is 11.9. The highest BCUT2D eigenvalue weighted by atomic mass is 32.2. The number of H-pyrrole nitrogens is 1. The van der Waals surface area contributed by atoms with Gasteiger partial charge in [-0.05, 0) is 35.6 Å². The van der Waals surface area contributed by atoms with Crippen molar-refractivity contribution >= 4 is 37.3 Å². The number of piperazine rings is 1. The van der Waals surface area contributed by atoms with Crippen LogP contribution < -0.4 is 10.9 Å². The number of fused-ring (bicyclic) bond motifs is 2. The third-order valence-electron chi connectivity index (χ3n) is 5.50. The molecule has 0 spiro atoms. The molecule has 0 bridgehead atoms. The standard InChI is InChI=1S/C19H21N5O3S2/c25-19-18-15(4-10-28-18)21-17(22-19)12-23-6-8-24(9-7-23)29(26,27)14-2-1-13-3-5-20-16(13)11-14/h1-2,4,10-11,20H,3,5-9,12H2,(H,21,22,25). The first kappa shape index (κ1) is 18.7. The van der Waals surface area contributed by atoms with Gasteiger partial charge in [0, 0.05) is 38.4 Å². The van der Waals surface area contributed by atoms with Crippen LogP contribution in [0.5, 0.6) is 0 Å². The number of nitrogens with one attached hydrogen (secondary N) is 2. The highest BCUT2D eigenvalue weighted by Gasteiger charge is 2.29. The van der Waals surface area contributed by atoms with E-state index in [-0.39, 0.29) is 5.56 Å². The molecule has 8 nitrogen and oxygen atoms in total. The molecule has 0 unspecified atom stereocenters. The van der Waals surface area contributed by atoms with Crippen molar-refractivity contribution in [1.29, 1.82) is 0 Å². The first-order chi connectivity index (χ1) is 14.0. The van der Waals surface area contributed by atoms with E-state index in [0.29, 0.717) is 53.7 Å². The number of thiophene rings is 1. The molecule has 152 valence electrons. The van der Waals surface area contributed by atoms with Gasteiger partial charge in [-0.15, -0.1) is 11.3 Å². The van der Waals surface area contributed by atoms with E-state index in [4.69, 9.17) is 0 Å². The van der Waals surface area contributed by atoms with Crippen molar-refractivity contribution in [3.8, 4) is 0 Å². The third kappa shape index (κ3) is 3.46. The Kier molecular flexibility index (Phi) is 4.66. The highest BCUT2D eigenvalue weighted by molar-refractivity contribution is 7.89. The Balaban J connectivity index is 1.27. The highest BCUT2D eigenvalue weighted by Crippen LogP contribution is 2.27. The second-order valence-electron chi connectivity index (χ2n) is 7.32. The Bertz CT molecular complexity index is 1230. The van der Waals surface area contributed by atoms with Crippen LogP contribution in [0.2, 0.25) is 0 Å². The quantitative estimate of drug-likeness (QED) is 0.649. The van der Waals surface area contributed by atoms with Crippen molar-refractivity contribution in [1.82, 2.24) is 19.2 Å². The molecule has 2 N–H and O–H groups in total. The number of benzene rings is 1. The van der Waals surface area contributed by atoms with Crippen LogP contribution in [-0.2, 0) is 23.0 Å². The fourth-order valence-electron chi connectivity index (χ4n) is 3.92. The van der Waals surface area contributed by atoms with E-state index >= 15 is 0 Å². The van der Waals surface area contributed by atoms with E-state index in [1.807, 2.05) is 17.5 Å². The van der Waals surface area contributed by atoms with Crippen LogP contribution in [0.15, 0.2) is 39.3 Å². The minimum atomic E-state index is -3.51. The average molecular weight is 432 g/mol. The summed E-state index contributed by atoms with van der Waals surface area (Å²) in [5, 5.41) is 5.09. The van der Waals surface area contributed by atoms with E-state index in [1.165, 1.54) is 11.3 Å². The molecule has 2 aliphatic heterocycles. The molecule has 1 aromatic carbocycles. The van der Waals surface area contributed by atoms with Crippen LogP contribution in [0.3, 0.4) is 0 Å². The van der Waals surface area contributed by atoms with Crippen molar-refractivity contribution in [2.24, 2.45) is 0 Å². The molecule has 5 rings (SSSR count). The lowest BCUT2D eigenvalue weighted by molar-refractivity contribution is 0.178. The van der Waals surface area contributed by atoms with Crippen molar-refractivity contribution in [2.45, 2.75) is 17.9 Å². The van der Waals surface area contributed by atoms with Gasteiger partial charge in [0.05, 0.1) is 17.0 Å². The fourth-order valence-corrected chi connectivity index (χ4v) is 6.09. The topological polar surface area (TPSA) is 98.4 Å². The summed E-state index contributed by atoms with van der Waals surface area (Å²) in [5.41, 5.74) is 2.67. The van der Waals surface area contributed by atoms with Crippen LogP contribution in [0, 0.1) is 0 Å². The zero-order valence-corrected chi connectivity index (χ0v) is 17.4. The number of anilines is 1. The summed E-state index contributed by atoms with van der Waals surface area (Å²) in [6.45, 7) is 3.36. The van der Waals surface area contributed by atoms with Crippen LogP contribution in [0.4, 0.5) is 5.69 Å². The molecule has 2 aromatic heterocycles. The summed E-state index contributed by atoms with van der Waals surface area (Å²) in [6.07, 6.45) is 0.932. The van der Waals surface area contributed by atoms with Gasteiger partial charge in [-0.1, -0.05) is 6.07 Å². The first-order valence-electron chi connectivity index (χ1n) is 9.56. The molecule has 0 aliphatic carbocycles. The summed E-state index contributed by atoms with van der Waals surface area (Å²) < 4.78 is 28.2. The Morgan fingerprint density at radius 3 is 2.79 bits per heavy atom. The zero-order valence-electron chi connectivity index (χ0n) is 15.7. The molecule has 0 radical (unpaired) electrons. The van der Waals surface area contributed by atoms with Gasteiger partial charge in [0.1, 0.15) is 10.5 Å². The van der Waals surface area contributed by atoms with Crippen LogP contribution in [-0.4, -0.2) is 60.3 Å². The van der Waals surface area contributed by atoms with E-state index in [9.17, 15) is 13.2 Å². The minimum absolute atomic E-state index is 0.119. The molecular formula is C19H21N5O3S2. The Morgan fingerprint density at radius 2 is 1.97 bits per heavy atom. The molecule has 0 saturated carbocycles. The molecule has 4 heterocycles. The monoisotopic (exact) mass is 431 g/mol. The minimum Gasteiger partial charge on any atom is -0.384 e. The van der Waals surface area contributed by atoms with Gasteiger partial charge in [0.25, 0.3) is 5.56 Å². The summed E-state index contributed by atoms with van der Waals surface area (Å²) in [4.78, 5) is 21.9. The Labute approximate surface area is 172 Å². The van der Waals surface area contributed by atoms with E-state index in [0.717, 1.165) is 24.2 Å². The van der Waals surface area contributed by atoms with E-state index < -0.39 is 10.0 Å². The number of rotatable bonds is 4. The predicted octanol–water partition coefficient (Wildman–Crippen LogP) is 1.46. The molecule has 10 heteroatoms. The maximum Gasteiger partial charge on any atom is 0.268 e. The van der Waals surface area contributed by atoms with Gasteiger partial charge in [-0.2, -0.15) is 4.31 Å². The largest absolute Gasteiger partial charge is 0.384 e. The average Bonchev–Trinajstić information content (AvgIpc) is 3.37. The molecule has 1 fully saturated rings. The predicted molar refractivity (Wildman–Crippen MR) is 113 cm³/mol. The Hall–Kier alpha value is -2.27. The summed E-state index contributed by atoms with van der Waals surface area (Å²) in [6, 6.07) is 7.20. The smallest absolute Gasteiger partial charge is 0.268 e. The SMILES string of the molecule is O=c1[nH]c(CN2CCN(S(=O)(=O)c3ccc4c(c3)NCC4)CC2)nc2ccsc12.